The highest BCUT2D eigenvalue weighted by atomic mass is 79.9. The van der Waals surface area contributed by atoms with E-state index in [1.165, 1.54) is 0 Å². The summed E-state index contributed by atoms with van der Waals surface area (Å²) in [4.78, 5) is 13.0. The second-order valence-electron chi connectivity index (χ2n) is 7.02. The highest BCUT2D eigenvalue weighted by Crippen LogP contribution is 2.36. The van der Waals surface area contributed by atoms with Crippen molar-refractivity contribution in [2.45, 2.75) is 6.92 Å². The van der Waals surface area contributed by atoms with Crippen LogP contribution in [-0.4, -0.2) is 28.0 Å². The number of carbonyl (C=O) groups excluding carboxylic acids is 1. The van der Waals surface area contributed by atoms with Gasteiger partial charge in [-0.3, -0.25) is 4.79 Å². The number of benzene rings is 3. The molecule has 2 aromatic heterocycles. The van der Waals surface area contributed by atoms with Crippen LogP contribution in [0.3, 0.4) is 0 Å². The summed E-state index contributed by atoms with van der Waals surface area (Å²) in [5.41, 5.74) is 3.59. The van der Waals surface area contributed by atoms with E-state index in [4.69, 9.17) is 9.15 Å². The molecule has 0 radical (unpaired) electrons. The Kier molecular flexibility index (Phi) is 4.71. The van der Waals surface area contributed by atoms with Crippen LogP contribution in [0.5, 0.6) is 5.75 Å². The van der Waals surface area contributed by atoms with E-state index in [0.717, 1.165) is 26.5 Å². The molecule has 0 bridgehead atoms. The standard InChI is InChI=1S/C23H17BrN4O3/c1-13-22(26-27-28(13)15-7-5-6-14(24)10-15)23(29)25-18-12-20-17(11-21(18)30-2)16-8-3-4-9-19(16)31-20/h3-12H,1-2H3,(H,25,29). The average molecular weight is 477 g/mol. The molecule has 31 heavy (non-hydrogen) atoms. The number of furan rings is 1. The number of nitrogens with zero attached hydrogens (tertiary/aromatic N) is 3. The number of para-hydroxylation sites is 1. The molecule has 0 unspecified atom stereocenters. The van der Waals surface area contributed by atoms with E-state index in [2.05, 4.69) is 31.6 Å². The smallest absolute Gasteiger partial charge is 0.278 e. The maximum atomic E-state index is 13.0. The van der Waals surface area contributed by atoms with E-state index in [0.29, 0.717) is 22.7 Å². The van der Waals surface area contributed by atoms with Crippen LogP contribution >= 0.6 is 15.9 Å². The van der Waals surface area contributed by atoms with Crippen LogP contribution in [0.1, 0.15) is 16.2 Å². The average Bonchev–Trinajstić information content (AvgIpc) is 3.33. The number of ether oxygens (including phenoxy) is 1. The van der Waals surface area contributed by atoms with Crippen molar-refractivity contribution in [3.8, 4) is 11.4 Å². The first-order valence-electron chi connectivity index (χ1n) is 9.54. The third-order valence-corrected chi connectivity index (χ3v) is 5.60. The molecule has 0 saturated heterocycles. The zero-order chi connectivity index (χ0) is 21.5. The minimum absolute atomic E-state index is 0.228. The quantitative estimate of drug-likeness (QED) is 0.370. The third kappa shape index (κ3) is 3.34. The fourth-order valence-corrected chi connectivity index (χ4v) is 3.98. The molecule has 0 spiro atoms. The van der Waals surface area contributed by atoms with Gasteiger partial charge in [-0.15, -0.1) is 5.10 Å². The first-order valence-corrected chi connectivity index (χ1v) is 10.3. The van der Waals surface area contributed by atoms with Crippen molar-refractivity contribution >= 4 is 49.5 Å². The summed E-state index contributed by atoms with van der Waals surface area (Å²) in [6.45, 7) is 1.80. The van der Waals surface area contributed by atoms with Crippen molar-refractivity contribution in [2.75, 3.05) is 12.4 Å². The topological polar surface area (TPSA) is 82.2 Å². The molecule has 5 aromatic rings. The predicted molar refractivity (Wildman–Crippen MR) is 122 cm³/mol. The lowest BCUT2D eigenvalue weighted by molar-refractivity contribution is 0.102. The second-order valence-corrected chi connectivity index (χ2v) is 7.93. The molecule has 7 nitrogen and oxygen atoms in total. The van der Waals surface area contributed by atoms with Gasteiger partial charge in [-0.25, -0.2) is 4.68 Å². The zero-order valence-electron chi connectivity index (χ0n) is 16.7. The summed E-state index contributed by atoms with van der Waals surface area (Å²) in [6, 6.07) is 19.0. The number of methoxy groups -OCH3 is 1. The molecule has 0 aliphatic heterocycles. The van der Waals surface area contributed by atoms with Gasteiger partial charge < -0.3 is 14.5 Å². The number of carbonyl (C=O) groups is 1. The molecule has 1 amide bonds. The van der Waals surface area contributed by atoms with Crippen molar-refractivity contribution < 1.29 is 13.9 Å². The van der Waals surface area contributed by atoms with Crippen LogP contribution in [0.2, 0.25) is 0 Å². The number of fused-ring (bicyclic) bond motifs is 3. The van der Waals surface area contributed by atoms with Gasteiger partial charge in [0.2, 0.25) is 0 Å². The molecule has 0 aliphatic rings. The summed E-state index contributed by atoms with van der Waals surface area (Å²) >= 11 is 3.45. The molecule has 8 heteroatoms. The first-order chi connectivity index (χ1) is 15.0. The summed E-state index contributed by atoms with van der Waals surface area (Å²) in [5, 5.41) is 13.0. The Hall–Kier alpha value is -3.65. The summed E-state index contributed by atoms with van der Waals surface area (Å²) in [5.74, 6) is 0.150. The first kappa shape index (κ1) is 19.3. The maximum Gasteiger partial charge on any atom is 0.278 e. The third-order valence-electron chi connectivity index (χ3n) is 5.11. The van der Waals surface area contributed by atoms with Gasteiger partial charge in [-0.1, -0.05) is 45.4 Å². The Morgan fingerprint density at radius 1 is 1.06 bits per heavy atom. The van der Waals surface area contributed by atoms with Crippen molar-refractivity contribution in [2.24, 2.45) is 0 Å². The van der Waals surface area contributed by atoms with Crippen LogP contribution in [0.4, 0.5) is 5.69 Å². The van der Waals surface area contributed by atoms with E-state index < -0.39 is 0 Å². The van der Waals surface area contributed by atoms with Crippen LogP contribution < -0.4 is 10.1 Å². The fraction of sp³-hybridized carbons (Fsp3) is 0.0870. The molecule has 3 aromatic carbocycles. The van der Waals surface area contributed by atoms with Gasteiger partial charge in [0.15, 0.2) is 5.69 Å². The molecule has 154 valence electrons. The second kappa shape index (κ2) is 7.55. The number of hydrogen-bond acceptors (Lipinski definition) is 5. The summed E-state index contributed by atoms with van der Waals surface area (Å²) in [7, 11) is 1.56. The van der Waals surface area contributed by atoms with Gasteiger partial charge in [0.25, 0.3) is 5.91 Å². The molecule has 0 aliphatic carbocycles. The molecular weight excluding hydrogens is 460 g/mol. The molecule has 1 N–H and O–H groups in total. The van der Waals surface area contributed by atoms with E-state index in [9.17, 15) is 4.79 Å². The van der Waals surface area contributed by atoms with E-state index in [1.54, 1.807) is 24.8 Å². The lowest BCUT2D eigenvalue weighted by Crippen LogP contribution is -2.15. The number of aromatic nitrogens is 3. The lowest BCUT2D eigenvalue weighted by atomic mass is 10.1. The maximum absolute atomic E-state index is 13.0. The van der Waals surface area contributed by atoms with Gasteiger partial charge in [0, 0.05) is 21.3 Å². The van der Waals surface area contributed by atoms with E-state index >= 15 is 0 Å². The molecular formula is C23H17BrN4O3. The largest absolute Gasteiger partial charge is 0.495 e. The number of hydrogen-bond donors (Lipinski definition) is 1. The van der Waals surface area contributed by atoms with Crippen LogP contribution in [0.25, 0.3) is 27.6 Å². The van der Waals surface area contributed by atoms with Crippen molar-refractivity contribution in [1.82, 2.24) is 15.0 Å². The van der Waals surface area contributed by atoms with E-state index in [-0.39, 0.29) is 11.6 Å². The Labute approximate surface area is 185 Å². The van der Waals surface area contributed by atoms with E-state index in [1.807, 2.05) is 54.6 Å². The van der Waals surface area contributed by atoms with Crippen LogP contribution in [0, 0.1) is 6.92 Å². The number of amides is 1. The molecule has 0 atom stereocenters. The molecule has 0 fully saturated rings. The highest BCUT2D eigenvalue weighted by Gasteiger charge is 2.20. The molecule has 0 saturated carbocycles. The van der Waals surface area contributed by atoms with Gasteiger partial charge >= 0.3 is 0 Å². The minimum Gasteiger partial charge on any atom is -0.495 e. The number of anilines is 1. The monoisotopic (exact) mass is 476 g/mol. The van der Waals surface area contributed by atoms with Gasteiger partial charge in [0.1, 0.15) is 16.9 Å². The van der Waals surface area contributed by atoms with Gasteiger partial charge in [0.05, 0.1) is 24.2 Å². The van der Waals surface area contributed by atoms with Crippen LogP contribution in [0.15, 0.2) is 69.6 Å². The number of nitrogens with one attached hydrogen (secondary N) is 1. The molecule has 5 rings (SSSR count). The minimum atomic E-state index is -0.382. The van der Waals surface area contributed by atoms with Crippen molar-refractivity contribution in [3.05, 3.63) is 76.5 Å². The van der Waals surface area contributed by atoms with Gasteiger partial charge in [-0.05, 0) is 37.3 Å². The predicted octanol–water partition coefficient (Wildman–Crippen LogP) is 5.50. The Morgan fingerprint density at radius 3 is 2.71 bits per heavy atom. The fourth-order valence-electron chi connectivity index (χ4n) is 3.59. The van der Waals surface area contributed by atoms with Crippen LogP contribution in [-0.2, 0) is 0 Å². The zero-order valence-corrected chi connectivity index (χ0v) is 18.3. The normalized spacial score (nSPS) is 11.2. The summed E-state index contributed by atoms with van der Waals surface area (Å²) in [6.07, 6.45) is 0. The SMILES string of the molecule is COc1cc2c(cc1NC(=O)c1nnn(-c3cccc(Br)c3)c1C)oc1ccccc12. The summed E-state index contributed by atoms with van der Waals surface area (Å²) < 4.78 is 14.0. The van der Waals surface area contributed by atoms with Crippen molar-refractivity contribution in [1.29, 1.82) is 0 Å². The van der Waals surface area contributed by atoms with Crippen molar-refractivity contribution in [3.63, 3.8) is 0 Å². The van der Waals surface area contributed by atoms with Gasteiger partial charge in [-0.2, -0.15) is 0 Å². The lowest BCUT2D eigenvalue weighted by Gasteiger charge is -2.10. The highest BCUT2D eigenvalue weighted by molar-refractivity contribution is 9.10. The Balaban J connectivity index is 1.51. The Morgan fingerprint density at radius 2 is 1.90 bits per heavy atom. The number of rotatable bonds is 4. The molecule has 2 heterocycles. The number of halogens is 1. The Bertz CT molecular complexity index is 1450.